The lowest BCUT2D eigenvalue weighted by atomic mass is 10.2. The van der Waals surface area contributed by atoms with Gasteiger partial charge in [-0.25, -0.2) is 0 Å². The summed E-state index contributed by atoms with van der Waals surface area (Å²) in [6.45, 7) is 0.0173. The quantitative estimate of drug-likeness (QED) is 0.638. The van der Waals surface area contributed by atoms with Crippen molar-refractivity contribution in [2.45, 2.75) is 13.5 Å². The molecule has 1 atom stereocenters. The Hall–Kier alpha value is -0.220. The van der Waals surface area contributed by atoms with Gasteiger partial charge in [0, 0.05) is 0 Å². The minimum atomic E-state index is -2.64. The van der Waals surface area contributed by atoms with Crippen LogP contribution in [0.2, 0.25) is 0 Å². The average molecular weight is 153 g/mol. The van der Waals surface area contributed by atoms with E-state index in [-0.39, 0.29) is 12.5 Å². The van der Waals surface area contributed by atoms with Crippen molar-refractivity contribution in [2.75, 3.05) is 20.2 Å². The fourth-order valence-electron chi connectivity index (χ4n) is 0.644. The summed E-state index contributed by atoms with van der Waals surface area (Å²) in [5.41, 5.74) is 0. The first-order valence-electron chi connectivity index (χ1n) is 3.21. The molecule has 0 amide bonds. The lowest BCUT2D eigenvalue weighted by molar-refractivity contribution is -0.136. The molecular formula is C6H13F2NO. The van der Waals surface area contributed by atoms with Crippen molar-refractivity contribution in [1.29, 1.82) is 0 Å². The molecule has 2 nitrogen and oxygen atoms in total. The molecule has 0 aromatic heterocycles. The number of nitrogens with one attached hydrogen (secondary N) is 1. The van der Waals surface area contributed by atoms with Crippen molar-refractivity contribution in [3.05, 3.63) is 0 Å². The maximum atomic E-state index is 11.4. The van der Waals surface area contributed by atoms with Crippen molar-refractivity contribution in [3.63, 3.8) is 0 Å². The smallest absolute Gasteiger partial charge is 0.323 e. The van der Waals surface area contributed by atoms with E-state index in [2.05, 4.69) is 10.1 Å². The molecule has 4 heteroatoms. The molecule has 0 aromatic carbocycles. The van der Waals surface area contributed by atoms with Crippen LogP contribution in [-0.2, 0) is 4.74 Å². The largest absolute Gasteiger partial charge is 0.345 e. The van der Waals surface area contributed by atoms with E-state index in [1.807, 2.05) is 6.92 Å². The first-order valence-corrected chi connectivity index (χ1v) is 3.21. The molecule has 0 bridgehead atoms. The zero-order valence-corrected chi connectivity index (χ0v) is 6.23. The molecule has 0 heterocycles. The molecule has 0 aromatic rings. The van der Waals surface area contributed by atoms with E-state index in [1.54, 1.807) is 7.05 Å². The minimum Gasteiger partial charge on any atom is -0.323 e. The molecule has 0 aliphatic rings. The monoisotopic (exact) mass is 153 g/mol. The number of rotatable bonds is 5. The van der Waals surface area contributed by atoms with E-state index in [1.165, 1.54) is 0 Å². The topological polar surface area (TPSA) is 21.3 Å². The number of ether oxygens (including phenoxy) is 1. The molecule has 0 saturated carbocycles. The highest BCUT2D eigenvalue weighted by Gasteiger charge is 2.05. The second-order valence-electron chi connectivity index (χ2n) is 2.26. The molecule has 1 unspecified atom stereocenters. The lowest BCUT2D eigenvalue weighted by Crippen LogP contribution is -2.21. The van der Waals surface area contributed by atoms with E-state index in [0.717, 1.165) is 0 Å². The van der Waals surface area contributed by atoms with Crippen LogP contribution < -0.4 is 5.32 Å². The fourth-order valence-corrected chi connectivity index (χ4v) is 0.644. The Kier molecular flexibility index (Phi) is 5.43. The molecular weight excluding hydrogens is 140 g/mol. The van der Waals surface area contributed by atoms with E-state index < -0.39 is 6.61 Å². The van der Waals surface area contributed by atoms with Gasteiger partial charge in [0.05, 0.1) is 6.61 Å². The highest BCUT2D eigenvalue weighted by molar-refractivity contribution is 4.51. The molecule has 1 N–H and O–H groups in total. The van der Waals surface area contributed by atoms with Crippen LogP contribution in [0, 0.1) is 5.92 Å². The first kappa shape index (κ1) is 9.78. The number of alkyl halides is 2. The van der Waals surface area contributed by atoms with Gasteiger partial charge in [-0.05, 0) is 19.5 Å². The van der Waals surface area contributed by atoms with E-state index >= 15 is 0 Å². The van der Waals surface area contributed by atoms with Crippen molar-refractivity contribution < 1.29 is 13.5 Å². The van der Waals surface area contributed by atoms with Crippen molar-refractivity contribution in [2.24, 2.45) is 5.92 Å². The van der Waals surface area contributed by atoms with Crippen LogP contribution in [-0.4, -0.2) is 26.8 Å². The van der Waals surface area contributed by atoms with E-state index in [0.29, 0.717) is 6.54 Å². The van der Waals surface area contributed by atoms with Gasteiger partial charge in [-0.3, -0.25) is 0 Å². The molecule has 10 heavy (non-hydrogen) atoms. The predicted octanol–water partition coefficient (Wildman–Crippen LogP) is 1.08. The van der Waals surface area contributed by atoms with Crippen LogP contribution in [0.15, 0.2) is 0 Å². The van der Waals surface area contributed by atoms with Crippen LogP contribution in [0.1, 0.15) is 6.92 Å². The van der Waals surface area contributed by atoms with Crippen molar-refractivity contribution in [1.82, 2.24) is 5.32 Å². The minimum absolute atomic E-state index is 0.110. The summed E-state index contributed by atoms with van der Waals surface area (Å²) >= 11 is 0. The zero-order chi connectivity index (χ0) is 7.98. The van der Waals surface area contributed by atoms with Crippen LogP contribution in [0.3, 0.4) is 0 Å². The Morgan fingerprint density at radius 3 is 2.50 bits per heavy atom. The Balaban J connectivity index is 3.12. The molecule has 0 spiro atoms. The maximum Gasteiger partial charge on any atom is 0.345 e. The molecule has 0 radical (unpaired) electrons. The highest BCUT2D eigenvalue weighted by Crippen LogP contribution is 1.99. The standard InChI is InChI=1S/C6H13F2NO/c1-5(3-9-2)4-10-6(7)8/h5-6,9H,3-4H2,1-2H3. The van der Waals surface area contributed by atoms with Gasteiger partial charge in [-0.15, -0.1) is 0 Å². The van der Waals surface area contributed by atoms with Gasteiger partial charge in [0.15, 0.2) is 0 Å². The van der Waals surface area contributed by atoms with Gasteiger partial charge < -0.3 is 10.1 Å². The van der Waals surface area contributed by atoms with E-state index in [4.69, 9.17) is 0 Å². The van der Waals surface area contributed by atoms with Gasteiger partial charge in [0.1, 0.15) is 0 Å². The second kappa shape index (κ2) is 5.56. The lowest BCUT2D eigenvalue weighted by Gasteiger charge is -2.09. The Bertz CT molecular complexity index is 80.1. The van der Waals surface area contributed by atoms with Crippen LogP contribution in [0.25, 0.3) is 0 Å². The van der Waals surface area contributed by atoms with Crippen LogP contribution in [0.4, 0.5) is 8.78 Å². The maximum absolute atomic E-state index is 11.4. The normalized spacial score (nSPS) is 14.1. The molecule has 0 rings (SSSR count). The van der Waals surface area contributed by atoms with Gasteiger partial charge in [0.2, 0.25) is 0 Å². The Morgan fingerprint density at radius 2 is 2.10 bits per heavy atom. The average Bonchev–Trinajstić information content (AvgIpc) is 1.85. The third-order valence-electron chi connectivity index (χ3n) is 1.06. The summed E-state index contributed by atoms with van der Waals surface area (Å²) in [7, 11) is 1.78. The third-order valence-corrected chi connectivity index (χ3v) is 1.06. The molecule has 0 fully saturated rings. The summed E-state index contributed by atoms with van der Waals surface area (Å²) in [5.74, 6) is 0.138. The summed E-state index contributed by atoms with van der Waals surface area (Å²) < 4.78 is 26.9. The summed E-state index contributed by atoms with van der Waals surface area (Å²) in [6, 6.07) is 0. The van der Waals surface area contributed by atoms with Gasteiger partial charge in [-0.2, -0.15) is 8.78 Å². The summed E-state index contributed by atoms with van der Waals surface area (Å²) in [4.78, 5) is 0. The number of hydrogen-bond acceptors (Lipinski definition) is 2. The highest BCUT2D eigenvalue weighted by atomic mass is 19.3. The van der Waals surface area contributed by atoms with Crippen molar-refractivity contribution >= 4 is 0 Å². The number of hydrogen-bond donors (Lipinski definition) is 1. The molecule has 0 aliphatic heterocycles. The molecule has 0 aliphatic carbocycles. The summed E-state index contributed by atoms with van der Waals surface area (Å²) in [5, 5.41) is 2.87. The van der Waals surface area contributed by atoms with Crippen LogP contribution >= 0.6 is 0 Å². The van der Waals surface area contributed by atoms with Gasteiger partial charge in [-0.1, -0.05) is 6.92 Å². The SMILES string of the molecule is CNCC(C)COC(F)F. The fraction of sp³-hybridized carbons (Fsp3) is 1.00. The Morgan fingerprint density at radius 1 is 1.50 bits per heavy atom. The number of halogens is 2. The third kappa shape index (κ3) is 5.91. The summed E-state index contributed by atoms with van der Waals surface area (Å²) in [6.07, 6.45) is 0. The van der Waals surface area contributed by atoms with Gasteiger partial charge in [0.25, 0.3) is 0 Å². The van der Waals surface area contributed by atoms with Gasteiger partial charge >= 0.3 is 6.61 Å². The zero-order valence-electron chi connectivity index (χ0n) is 6.23. The molecule has 0 saturated heterocycles. The Labute approximate surface area is 59.6 Å². The first-order chi connectivity index (χ1) is 4.66. The van der Waals surface area contributed by atoms with E-state index in [9.17, 15) is 8.78 Å². The predicted molar refractivity (Wildman–Crippen MR) is 35.0 cm³/mol. The van der Waals surface area contributed by atoms with Crippen molar-refractivity contribution in [3.8, 4) is 0 Å². The molecule has 62 valence electrons. The van der Waals surface area contributed by atoms with Crippen LogP contribution in [0.5, 0.6) is 0 Å². The second-order valence-corrected chi connectivity index (χ2v) is 2.26.